The number of aliphatic imine (C=N–C) groups is 1. The molecule has 1 unspecified atom stereocenters. The number of oxazole rings is 1. The summed E-state index contributed by atoms with van der Waals surface area (Å²) in [5.74, 6) is 2.62. The summed E-state index contributed by atoms with van der Waals surface area (Å²) in [6.45, 7) is 6.66. The fourth-order valence-electron chi connectivity index (χ4n) is 2.88. The molecule has 5 nitrogen and oxygen atoms in total. The quantitative estimate of drug-likeness (QED) is 0.698. The Hall–Kier alpha value is -2.30. The van der Waals surface area contributed by atoms with Gasteiger partial charge in [0.05, 0.1) is 6.20 Å². The van der Waals surface area contributed by atoms with Gasteiger partial charge in [0.25, 0.3) is 0 Å². The van der Waals surface area contributed by atoms with Gasteiger partial charge in [-0.2, -0.15) is 0 Å². The second kappa shape index (κ2) is 6.86. The van der Waals surface area contributed by atoms with Crippen molar-refractivity contribution in [2.24, 2.45) is 16.6 Å². The number of hydrogen-bond acceptors (Lipinski definition) is 3. The fraction of sp³-hybridized carbons (Fsp3) is 0.444. The zero-order chi connectivity index (χ0) is 16.2. The Labute approximate surface area is 137 Å². The highest BCUT2D eigenvalue weighted by molar-refractivity contribution is 5.78. The number of rotatable bonds is 3. The maximum Gasteiger partial charge on any atom is 0.216 e. The van der Waals surface area contributed by atoms with Crippen LogP contribution in [0.15, 0.2) is 39.9 Å². The molecule has 1 aliphatic heterocycles. The predicted octanol–water partition coefficient (Wildman–Crippen LogP) is 3.20. The number of nitrogens with two attached hydrogens (primary N) is 1. The molecule has 3 rings (SSSR count). The van der Waals surface area contributed by atoms with Crippen LogP contribution >= 0.6 is 0 Å². The molecule has 0 radical (unpaired) electrons. The van der Waals surface area contributed by atoms with Crippen LogP contribution in [-0.4, -0.2) is 28.9 Å². The number of piperidine rings is 1. The van der Waals surface area contributed by atoms with Crippen LogP contribution in [0.2, 0.25) is 0 Å². The van der Waals surface area contributed by atoms with Crippen molar-refractivity contribution in [3.05, 3.63) is 41.9 Å². The number of benzene rings is 1. The van der Waals surface area contributed by atoms with Crippen molar-refractivity contribution >= 4 is 5.96 Å². The summed E-state index contributed by atoms with van der Waals surface area (Å²) in [5, 5.41) is 0. The monoisotopic (exact) mass is 312 g/mol. The van der Waals surface area contributed by atoms with Crippen LogP contribution in [0.5, 0.6) is 0 Å². The molecule has 1 atom stereocenters. The van der Waals surface area contributed by atoms with E-state index in [0.717, 1.165) is 24.4 Å². The topological polar surface area (TPSA) is 67.7 Å². The Morgan fingerprint density at radius 3 is 2.91 bits per heavy atom. The molecule has 2 N–H and O–H groups in total. The average Bonchev–Trinajstić information content (AvgIpc) is 3.02. The van der Waals surface area contributed by atoms with Crippen LogP contribution in [0, 0.1) is 12.8 Å². The Bertz CT molecular complexity index is 675. The predicted molar refractivity (Wildman–Crippen MR) is 92.0 cm³/mol. The maximum atomic E-state index is 6.10. The molecule has 2 aromatic rings. The van der Waals surface area contributed by atoms with Gasteiger partial charge in [-0.15, -0.1) is 0 Å². The van der Waals surface area contributed by atoms with Crippen molar-refractivity contribution in [3.8, 4) is 11.3 Å². The van der Waals surface area contributed by atoms with Crippen LogP contribution in [0.4, 0.5) is 0 Å². The van der Waals surface area contributed by atoms with Gasteiger partial charge in [-0.3, -0.25) is 0 Å². The standard InChI is InChI=1S/C18H24N4O/c1-13-5-7-15(8-6-13)16-10-20-17(23-16)11-21-18(19)22-9-3-4-14(2)12-22/h5-8,10,14H,3-4,9,11-12H2,1-2H3,(H2,19,21). The van der Waals surface area contributed by atoms with Crippen LogP contribution in [0.3, 0.4) is 0 Å². The van der Waals surface area contributed by atoms with Crippen LogP contribution in [0.1, 0.15) is 31.2 Å². The number of guanidine groups is 1. The van der Waals surface area contributed by atoms with Crippen molar-refractivity contribution in [2.45, 2.75) is 33.2 Å². The zero-order valence-electron chi connectivity index (χ0n) is 13.8. The average molecular weight is 312 g/mol. The van der Waals surface area contributed by atoms with Crippen molar-refractivity contribution in [3.63, 3.8) is 0 Å². The Balaban J connectivity index is 1.64. The van der Waals surface area contributed by atoms with Gasteiger partial charge in [0.2, 0.25) is 5.89 Å². The lowest BCUT2D eigenvalue weighted by Crippen LogP contribution is -2.43. The number of nitrogens with zero attached hydrogens (tertiary/aromatic N) is 3. The highest BCUT2D eigenvalue weighted by Gasteiger charge is 2.17. The summed E-state index contributed by atoms with van der Waals surface area (Å²) in [6, 6.07) is 8.19. The third kappa shape index (κ3) is 3.92. The smallest absolute Gasteiger partial charge is 0.216 e. The van der Waals surface area contributed by atoms with E-state index < -0.39 is 0 Å². The van der Waals surface area contributed by atoms with Gasteiger partial charge in [0, 0.05) is 18.7 Å². The van der Waals surface area contributed by atoms with Crippen molar-refractivity contribution in [1.82, 2.24) is 9.88 Å². The van der Waals surface area contributed by atoms with E-state index in [4.69, 9.17) is 10.2 Å². The summed E-state index contributed by atoms with van der Waals surface area (Å²) in [6.07, 6.45) is 4.19. The first kappa shape index (κ1) is 15.6. The van der Waals surface area contributed by atoms with Gasteiger partial charge in [-0.1, -0.05) is 36.8 Å². The first-order valence-electron chi connectivity index (χ1n) is 8.18. The molecule has 1 aromatic carbocycles. The molecule has 1 aromatic heterocycles. The van der Waals surface area contributed by atoms with E-state index in [9.17, 15) is 0 Å². The van der Waals surface area contributed by atoms with Crippen LogP contribution in [0.25, 0.3) is 11.3 Å². The summed E-state index contributed by atoms with van der Waals surface area (Å²) in [7, 11) is 0. The number of likely N-dealkylation sites (tertiary alicyclic amines) is 1. The molecule has 0 bridgehead atoms. The molecule has 0 amide bonds. The molecule has 1 saturated heterocycles. The fourth-order valence-corrected chi connectivity index (χ4v) is 2.88. The Morgan fingerprint density at radius 2 is 2.17 bits per heavy atom. The number of aromatic nitrogens is 1. The SMILES string of the molecule is Cc1ccc(-c2cnc(CN=C(N)N3CCCC(C)C3)o2)cc1. The lowest BCUT2D eigenvalue weighted by molar-refractivity contribution is 0.270. The van der Waals surface area contributed by atoms with Gasteiger partial charge in [-0.25, -0.2) is 9.98 Å². The Kier molecular flexibility index (Phi) is 4.65. The van der Waals surface area contributed by atoms with E-state index in [0.29, 0.717) is 24.3 Å². The first-order valence-corrected chi connectivity index (χ1v) is 8.18. The van der Waals surface area contributed by atoms with Gasteiger partial charge >= 0.3 is 0 Å². The summed E-state index contributed by atoms with van der Waals surface area (Å²) in [5.41, 5.74) is 8.35. The third-order valence-corrected chi connectivity index (χ3v) is 4.25. The van der Waals surface area contributed by atoms with E-state index in [-0.39, 0.29) is 0 Å². The molecule has 0 aliphatic carbocycles. The molecule has 1 fully saturated rings. The van der Waals surface area contributed by atoms with Crippen molar-refractivity contribution < 1.29 is 4.42 Å². The van der Waals surface area contributed by atoms with Crippen molar-refractivity contribution in [2.75, 3.05) is 13.1 Å². The highest BCUT2D eigenvalue weighted by Crippen LogP contribution is 2.21. The number of aryl methyl sites for hydroxylation is 1. The molecule has 0 saturated carbocycles. The van der Waals surface area contributed by atoms with E-state index in [1.54, 1.807) is 6.20 Å². The minimum Gasteiger partial charge on any atom is -0.439 e. The third-order valence-electron chi connectivity index (χ3n) is 4.25. The van der Waals surface area contributed by atoms with Gasteiger partial charge in [0.15, 0.2) is 11.7 Å². The van der Waals surface area contributed by atoms with Crippen LogP contribution < -0.4 is 5.73 Å². The lowest BCUT2D eigenvalue weighted by Gasteiger charge is -2.31. The number of hydrogen-bond donors (Lipinski definition) is 1. The van der Waals surface area contributed by atoms with Crippen molar-refractivity contribution in [1.29, 1.82) is 0 Å². The summed E-state index contributed by atoms with van der Waals surface area (Å²) < 4.78 is 5.78. The summed E-state index contributed by atoms with van der Waals surface area (Å²) in [4.78, 5) is 10.9. The molecule has 122 valence electrons. The van der Waals surface area contributed by atoms with E-state index in [2.05, 4.69) is 40.9 Å². The summed E-state index contributed by atoms with van der Waals surface area (Å²) >= 11 is 0. The second-order valence-corrected chi connectivity index (χ2v) is 6.35. The maximum absolute atomic E-state index is 6.10. The molecule has 0 spiro atoms. The van der Waals surface area contributed by atoms with Crippen LogP contribution in [-0.2, 0) is 6.54 Å². The van der Waals surface area contributed by atoms with Gasteiger partial charge in [0.1, 0.15) is 6.54 Å². The van der Waals surface area contributed by atoms with Gasteiger partial charge in [-0.05, 0) is 25.7 Å². The zero-order valence-corrected chi connectivity index (χ0v) is 13.8. The minimum absolute atomic E-state index is 0.378. The highest BCUT2D eigenvalue weighted by atomic mass is 16.4. The molecule has 1 aliphatic rings. The second-order valence-electron chi connectivity index (χ2n) is 6.35. The Morgan fingerprint density at radius 1 is 1.39 bits per heavy atom. The molecular formula is C18H24N4O. The molecule has 23 heavy (non-hydrogen) atoms. The van der Waals surface area contributed by atoms with E-state index in [1.807, 2.05) is 12.1 Å². The molecular weight excluding hydrogens is 288 g/mol. The molecule has 2 heterocycles. The van der Waals surface area contributed by atoms with E-state index in [1.165, 1.54) is 18.4 Å². The minimum atomic E-state index is 0.378. The largest absolute Gasteiger partial charge is 0.439 e. The molecule has 5 heteroatoms. The van der Waals surface area contributed by atoms with E-state index >= 15 is 0 Å². The first-order chi connectivity index (χ1) is 11.1. The normalized spacial score (nSPS) is 19.1. The van der Waals surface area contributed by atoms with Gasteiger partial charge < -0.3 is 15.1 Å². The lowest BCUT2D eigenvalue weighted by atomic mass is 10.0.